The Morgan fingerprint density at radius 3 is 2.81 bits per heavy atom. The van der Waals surface area contributed by atoms with Gasteiger partial charge in [0.2, 0.25) is 0 Å². The molecular formula is C18H25N3. The van der Waals surface area contributed by atoms with Crippen LogP contribution in [-0.2, 0) is 13.0 Å². The number of nitrogens with zero attached hydrogens (tertiary/aromatic N) is 2. The van der Waals surface area contributed by atoms with E-state index in [0.717, 1.165) is 19.4 Å². The molecule has 1 aromatic heterocycles. The summed E-state index contributed by atoms with van der Waals surface area (Å²) in [5.74, 6) is 0.456. The fourth-order valence-corrected chi connectivity index (χ4v) is 3.71. The van der Waals surface area contributed by atoms with Crippen molar-refractivity contribution in [3.05, 3.63) is 53.9 Å². The van der Waals surface area contributed by atoms with E-state index in [4.69, 9.17) is 5.73 Å². The minimum Gasteiger partial charge on any atom is -0.324 e. The first-order valence-electron chi connectivity index (χ1n) is 8.06. The van der Waals surface area contributed by atoms with E-state index in [9.17, 15) is 0 Å². The van der Waals surface area contributed by atoms with Gasteiger partial charge in [0.1, 0.15) is 0 Å². The molecule has 112 valence electrons. The zero-order chi connectivity index (χ0) is 14.7. The van der Waals surface area contributed by atoms with E-state index >= 15 is 0 Å². The molecule has 0 radical (unpaired) electrons. The Labute approximate surface area is 127 Å². The zero-order valence-electron chi connectivity index (χ0n) is 12.8. The smallest absolute Gasteiger partial charge is 0.0522 e. The second-order valence-electron chi connectivity index (χ2n) is 6.32. The fraction of sp³-hybridized carbons (Fsp3) is 0.500. The summed E-state index contributed by atoms with van der Waals surface area (Å²) in [5, 5.41) is 4.39. The molecule has 1 heterocycles. The molecule has 2 atom stereocenters. The number of rotatable bonds is 4. The highest BCUT2D eigenvalue weighted by atomic mass is 15.3. The van der Waals surface area contributed by atoms with Crippen molar-refractivity contribution >= 4 is 0 Å². The maximum atomic E-state index is 6.88. The average molecular weight is 283 g/mol. The molecule has 0 saturated heterocycles. The summed E-state index contributed by atoms with van der Waals surface area (Å²) in [7, 11) is 0. The van der Waals surface area contributed by atoms with Crippen LogP contribution in [0.5, 0.6) is 0 Å². The number of aromatic nitrogens is 2. The predicted molar refractivity (Wildman–Crippen MR) is 86.2 cm³/mol. The van der Waals surface area contributed by atoms with E-state index in [-0.39, 0.29) is 5.54 Å². The fourth-order valence-electron chi connectivity index (χ4n) is 3.71. The lowest BCUT2D eigenvalue weighted by Crippen LogP contribution is -2.49. The third-order valence-electron chi connectivity index (χ3n) is 4.82. The second-order valence-corrected chi connectivity index (χ2v) is 6.32. The van der Waals surface area contributed by atoms with Crippen LogP contribution in [0.4, 0.5) is 0 Å². The molecule has 0 amide bonds. The molecule has 1 aliphatic rings. The minimum absolute atomic E-state index is 0.138. The summed E-state index contributed by atoms with van der Waals surface area (Å²) in [6.07, 6.45) is 9.87. The summed E-state index contributed by atoms with van der Waals surface area (Å²) < 4.78 is 1.99. The maximum Gasteiger partial charge on any atom is 0.0522 e. The van der Waals surface area contributed by atoms with Crippen LogP contribution < -0.4 is 5.73 Å². The van der Waals surface area contributed by atoms with E-state index < -0.39 is 0 Å². The first kappa shape index (κ1) is 14.3. The molecule has 3 nitrogen and oxygen atoms in total. The monoisotopic (exact) mass is 283 g/mol. The molecular weight excluding hydrogens is 258 g/mol. The van der Waals surface area contributed by atoms with Crippen molar-refractivity contribution in [3.8, 4) is 0 Å². The SMILES string of the molecule is CCn1cc(CC2(N)CCCCC2c2ccccc2)cn1. The highest BCUT2D eigenvalue weighted by molar-refractivity contribution is 5.26. The molecule has 0 spiro atoms. The number of hydrogen-bond acceptors (Lipinski definition) is 2. The molecule has 3 rings (SSSR count). The molecule has 3 heteroatoms. The third-order valence-corrected chi connectivity index (χ3v) is 4.82. The summed E-state index contributed by atoms with van der Waals surface area (Å²) in [4.78, 5) is 0. The highest BCUT2D eigenvalue weighted by Crippen LogP contribution is 2.41. The van der Waals surface area contributed by atoms with Crippen LogP contribution in [-0.4, -0.2) is 15.3 Å². The quantitative estimate of drug-likeness (QED) is 0.933. The summed E-state index contributed by atoms with van der Waals surface area (Å²) in [6, 6.07) is 10.8. The van der Waals surface area contributed by atoms with Gasteiger partial charge in [-0.1, -0.05) is 43.2 Å². The molecule has 0 aliphatic heterocycles. The van der Waals surface area contributed by atoms with Gasteiger partial charge in [0.25, 0.3) is 0 Å². The van der Waals surface area contributed by atoms with Gasteiger partial charge in [-0.15, -0.1) is 0 Å². The molecule has 1 aromatic carbocycles. The predicted octanol–water partition coefficient (Wildman–Crippen LogP) is 3.50. The van der Waals surface area contributed by atoms with Crippen LogP contribution in [0.25, 0.3) is 0 Å². The van der Waals surface area contributed by atoms with Gasteiger partial charge in [0, 0.05) is 24.2 Å². The molecule has 2 aromatic rings. The van der Waals surface area contributed by atoms with Gasteiger partial charge < -0.3 is 5.73 Å². The molecule has 1 aliphatic carbocycles. The first-order chi connectivity index (χ1) is 10.2. The van der Waals surface area contributed by atoms with Gasteiger partial charge >= 0.3 is 0 Å². The van der Waals surface area contributed by atoms with Gasteiger partial charge in [0.15, 0.2) is 0 Å². The van der Waals surface area contributed by atoms with Crippen LogP contribution >= 0.6 is 0 Å². The Bertz CT molecular complexity index is 575. The van der Waals surface area contributed by atoms with Crippen molar-refractivity contribution in [1.29, 1.82) is 0 Å². The van der Waals surface area contributed by atoms with E-state index in [1.165, 1.54) is 30.4 Å². The van der Waals surface area contributed by atoms with E-state index in [2.05, 4.69) is 48.6 Å². The van der Waals surface area contributed by atoms with Gasteiger partial charge in [-0.2, -0.15) is 5.10 Å². The molecule has 1 fully saturated rings. The average Bonchev–Trinajstić information content (AvgIpc) is 2.95. The van der Waals surface area contributed by atoms with Crippen LogP contribution in [0.1, 0.15) is 49.7 Å². The molecule has 2 unspecified atom stereocenters. The van der Waals surface area contributed by atoms with Crippen molar-refractivity contribution in [2.45, 2.75) is 57.0 Å². The lowest BCUT2D eigenvalue weighted by molar-refractivity contribution is 0.249. The van der Waals surface area contributed by atoms with Gasteiger partial charge in [-0.25, -0.2) is 0 Å². The second kappa shape index (κ2) is 6.02. The molecule has 1 saturated carbocycles. The number of hydrogen-bond donors (Lipinski definition) is 1. The lowest BCUT2D eigenvalue weighted by Gasteiger charge is -2.41. The Morgan fingerprint density at radius 2 is 2.10 bits per heavy atom. The van der Waals surface area contributed by atoms with Crippen molar-refractivity contribution in [3.63, 3.8) is 0 Å². The summed E-state index contributed by atoms with van der Waals surface area (Å²) in [5.41, 5.74) is 9.40. The van der Waals surface area contributed by atoms with Gasteiger partial charge in [-0.05, 0) is 37.3 Å². The third kappa shape index (κ3) is 3.03. The largest absolute Gasteiger partial charge is 0.324 e. The Balaban J connectivity index is 1.85. The topological polar surface area (TPSA) is 43.8 Å². The number of nitrogens with two attached hydrogens (primary N) is 1. The van der Waals surface area contributed by atoms with Crippen molar-refractivity contribution < 1.29 is 0 Å². The number of aryl methyl sites for hydroxylation is 1. The van der Waals surface area contributed by atoms with Crippen molar-refractivity contribution in [1.82, 2.24) is 9.78 Å². The number of benzene rings is 1. The Kier molecular flexibility index (Phi) is 4.11. The lowest BCUT2D eigenvalue weighted by atomic mass is 9.68. The zero-order valence-corrected chi connectivity index (χ0v) is 12.8. The van der Waals surface area contributed by atoms with E-state index in [1.807, 2.05) is 10.9 Å². The van der Waals surface area contributed by atoms with Crippen LogP contribution in [0.2, 0.25) is 0 Å². The molecule has 21 heavy (non-hydrogen) atoms. The van der Waals surface area contributed by atoms with Crippen LogP contribution in [0.15, 0.2) is 42.7 Å². The van der Waals surface area contributed by atoms with Gasteiger partial charge in [0.05, 0.1) is 6.20 Å². The summed E-state index contributed by atoms with van der Waals surface area (Å²) >= 11 is 0. The first-order valence-corrected chi connectivity index (χ1v) is 8.06. The van der Waals surface area contributed by atoms with E-state index in [1.54, 1.807) is 0 Å². The van der Waals surface area contributed by atoms with Crippen molar-refractivity contribution in [2.24, 2.45) is 5.73 Å². The minimum atomic E-state index is -0.138. The van der Waals surface area contributed by atoms with Gasteiger partial charge in [-0.3, -0.25) is 4.68 Å². The normalized spacial score (nSPS) is 25.9. The molecule has 2 N–H and O–H groups in total. The Hall–Kier alpha value is -1.61. The van der Waals surface area contributed by atoms with E-state index in [0.29, 0.717) is 5.92 Å². The van der Waals surface area contributed by atoms with Crippen LogP contribution in [0.3, 0.4) is 0 Å². The maximum absolute atomic E-state index is 6.88. The standard InChI is InChI=1S/C18H25N3/c1-2-21-14-15(13-20-21)12-18(19)11-7-6-10-17(18)16-8-4-3-5-9-16/h3-5,8-9,13-14,17H,2,6-7,10-12,19H2,1H3. The molecule has 0 bridgehead atoms. The summed E-state index contributed by atoms with van der Waals surface area (Å²) in [6.45, 7) is 3.03. The highest BCUT2D eigenvalue weighted by Gasteiger charge is 2.38. The van der Waals surface area contributed by atoms with Crippen LogP contribution in [0, 0.1) is 0 Å². The van der Waals surface area contributed by atoms with Crippen molar-refractivity contribution in [2.75, 3.05) is 0 Å². The Morgan fingerprint density at radius 1 is 1.29 bits per heavy atom.